The van der Waals surface area contributed by atoms with Crippen molar-refractivity contribution in [2.45, 2.75) is 57.7 Å². The molecule has 1 aliphatic heterocycles. The Morgan fingerprint density at radius 3 is 2.60 bits per heavy atom. The van der Waals surface area contributed by atoms with Crippen LogP contribution in [0.15, 0.2) is 53.1 Å². The number of halogens is 3. The van der Waals surface area contributed by atoms with Gasteiger partial charge in [0.2, 0.25) is 0 Å². The Labute approximate surface area is 202 Å². The standard InChI is InChI=1S/C26H29F3N4O2/c1-18-9-10-20(15-19(18)2)16-30-24(34)33-14-6-12-25(17-33,21-7-4-3-5-8-21)13-11-22-31-23(35-32-22)26(27,28)29/h3-5,7-10,15H,6,11-14,16-17H2,1-2H3,(H,30,34). The van der Waals surface area contributed by atoms with E-state index >= 15 is 0 Å². The Morgan fingerprint density at radius 2 is 1.91 bits per heavy atom. The van der Waals surface area contributed by atoms with Crippen LogP contribution in [0.3, 0.4) is 0 Å². The van der Waals surface area contributed by atoms with E-state index in [9.17, 15) is 18.0 Å². The number of amides is 2. The quantitative estimate of drug-likeness (QED) is 0.494. The van der Waals surface area contributed by atoms with Crippen LogP contribution in [0.1, 0.15) is 53.2 Å². The number of aromatic nitrogens is 2. The van der Waals surface area contributed by atoms with Gasteiger partial charge in [0, 0.05) is 31.5 Å². The zero-order valence-electron chi connectivity index (χ0n) is 19.9. The van der Waals surface area contributed by atoms with Crippen LogP contribution < -0.4 is 5.32 Å². The number of rotatable bonds is 6. The van der Waals surface area contributed by atoms with Crippen molar-refractivity contribution in [1.29, 1.82) is 0 Å². The van der Waals surface area contributed by atoms with Crippen molar-refractivity contribution >= 4 is 6.03 Å². The van der Waals surface area contributed by atoms with E-state index in [1.807, 2.05) is 56.3 Å². The van der Waals surface area contributed by atoms with Crippen molar-refractivity contribution in [3.8, 4) is 0 Å². The molecule has 0 spiro atoms. The Bertz CT molecular complexity index is 1160. The third-order valence-electron chi connectivity index (χ3n) is 6.80. The van der Waals surface area contributed by atoms with Crippen molar-refractivity contribution in [3.63, 3.8) is 0 Å². The predicted molar refractivity (Wildman–Crippen MR) is 125 cm³/mol. The second kappa shape index (κ2) is 10.1. The van der Waals surface area contributed by atoms with Crippen LogP contribution in [-0.2, 0) is 24.6 Å². The van der Waals surface area contributed by atoms with Crippen LogP contribution in [0.25, 0.3) is 0 Å². The van der Waals surface area contributed by atoms with Crippen LogP contribution in [-0.4, -0.2) is 34.2 Å². The summed E-state index contributed by atoms with van der Waals surface area (Å²) < 4.78 is 43.0. The fourth-order valence-corrected chi connectivity index (χ4v) is 4.71. The molecule has 1 atom stereocenters. The third-order valence-corrected chi connectivity index (χ3v) is 6.80. The smallest absolute Gasteiger partial charge is 0.334 e. The fraction of sp³-hybridized carbons (Fsp3) is 0.423. The number of carbonyl (C=O) groups is 1. The lowest BCUT2D eigenvalue weighted by Gasteiger charge is -2.43. The highest BCUT2D eigenvalue weighted by Gasteiger charge is 2.40. The number of nitrogens with one attached hydrogen (secondary N) is 1. The minimum Gasteiger partial charge on any atom is -0.334 e. The van der Waals surface area contributed by atoms with Crippen molar-refractivity contribution in [2.75, 3.05) is 13.1 Å². The van der Waals surface area contributed by atoms with E-state index in [-0.39, 0.29) is 18.3 Å². The molecule has 2 aromatic carbocycles. The number of urea groups is 1. The van der Waals surface area contributed by atoms with Crippen LogP contribution in [0.5, 0.6) is 0 Å². The number of alkyl halides is 3. The molecule has 1 saturated heterocycles. The maximum absolute atomic E-state index is 13.1. The van der Waals surface area contributed by atoms with Gasteiger partial charge in [-0.3, -0.25) is 0 Å². The van der Waals surface area contributed by atoms with Gasteiger partial charge in [-0.25, -0.2) is 4.79 Å². The van der Waals surface area contributed by atoms with Gasteiger partial charge in [-0.05, 0) is 55.4 Å². The average Bonchev–Trinajstić information content (AvgIpc) is 3.34. The lowest BCUT2D eigenvalue weighted by molar-refractivity contribution is -0.159. The molecule has 4 rings (SSSR count). The van der Waals surface area contributed by atoms with Crippen molar-refractivity contribution < 1.29 is 22.5 Å². The van der Waals surface area contributed by atoms with E-state index in [4.69, 9.17) is 0 Å². The Hall–Kier alpha value is -3.36. The molecule has 0 aliphatic carbocycles. The second-order valence-corrected chi connectivity index (χ2v) is 9.26. The number of nitrogens with zero attached hydrogens (tertiary/aromatic N) is 3. The third kappa shape index (κ3) is 5.83. The van der Waals surface area contributed by atoms with Crippen LogP contribution >= 0.6 is 0 Å². The van der Waals surface area contributed by atoms with Gasteiger partial charge in [0.15, 0.2) is 5.82 Å². The van der Waals surface area contributed by atoms with E-state index in [0.717, 1.165) is 24.0 Å². The first kappa shape index (κ1) is 24.8. The van der Waals surface area contributed by atoms with Crippen LogP contribution in [0.4, 0.5) is 18.0 Å². The molecule has 1 N–H and O–H groups in total. The first-order valence-corrected chi connectivity index (χ1v) is 11.7. The number of benzene rings is 2. The molecule has 35 heavy (non-hydrogen) atoms. The monoisotopic (exact) mass is 486 g/mol. The molecular weight excluding hydrogens is 457 g/mol. The predicted octanol–water partition coefficient (Wildman–Crippen LogP) is 5.58. The molecule has 2 amide bonds. The van der Waals surface area contributed by atoms with E-state index < -0.39 is 17.5 Å². The molecule has 2 heterocycles. The minimum absolute atomic E-state index is 0.0175. The summed E-state index contributed by atoms with van der Waals surface area (Å²) in [5.41, 5.74) is 4.04. The number of aryl methyl sites for hydroxylation is 3. The fourth-order valence-electron chi connectivity index (χ4n) is 4.71. The molecule has 0 bridgehead atoms. The highest BCUT2D eigenvalue weighted by atomic mass is 19.4. The average molecular weight is 487 g/mol. The van der Waals surface area contributed by atoms with Gasteiger partial charge in [-0.15, -0.1) is 0 Å². The number of hydrogen-bond donors (Lipinski definition) is 1. The lowest BCUT2D eigenvalue weighted by Crippen LogP contribution is -2.51. The summed E-state index contributed by atoms with van der Waals surface area (Å²) >= 11 is 0. The minimum atomic E-state index is -4.67. The van der Waals surface area contributed by atoms with E-state index in [1.54, 1.807) is 4.90 Å². The maximum Gasteiger partial charge on any atom is 0.471 e. The van der Waals surface area contributed by atoms with E-state index in [2.05, 4.69) is 26.0 Å². The Balaban J connectivity index is 1.48. The zero-order valence-corrected chi connectivity index (χ0v) is 19.9. The molecule has 1 aliphatic rings. The molecule has 0 saturated carbocycles. The van der Waals surface area contributed by atoms with Crippen LogP contribution in [0.2, 0.25) is 0 Å². The van der Waals surface area contributed by atoms with Crippen molar-refractivity contribution in [1.82, 2.24) is 20.4 Å². The highest BCUT2D eigenvalue weighted by molar-refractivity contribution is 5.74. The summed E-state index contributed by atoms with van der Waals surface area (Å²) in [6, 6.07) is 15.8. The van der Waals surface area contributed by atoms with Gasteiger partial charge >= 0.3 is 18.1 Å². The van der Waals surface area contributed by atoms with Gasteiger partial charge in [0.05, 0.1) is 0 Å². The molecule has 3 aromatic rings. The summed E-state index contributed by atoms with van der Waals surface area (Å²) in [6.07, 6.45) is -2.37. The molecule has 9 heteroatoms. The van der Waals surface area contributed by atoms with Crippen LogP contribution in [0, 0.1) is 13.8 Å². The van der Waals surface area contributed by atoms with Gasteiger partial charge in [0.25, 0.3) is 0 Å². The molecule has 6 nitrogen and oxygen atoms in total. The number of likely N-dealkylation sites (tertiary alicyclic amines) is 1. The van der Waals surface area contributed by atoms with Gasteiger partial charge in [0.1, 0.15) is 0 Å². The van der Waals surface area contributed by atoms with Crippen molar-refractivity contribution in [3.05, 3.63) is 82.5 Å². The molecular formula is C26H29F3N4O2. The molecule has 1 aromatic heterocycles. The second-order valence-electron chi connectivity index (χ2n) is 9.26. The number of hydrogen-bond acceptors (Lipinski definition) is 4. The SMILES string of the molecule is Cc1ccc(CNC(=O)N2CCCC(CCc3noc(C(F)(F)F)n3)(c3ccccc3)C2)cc1C. The summed E-state index contributed by atoms with van der Waals surface area (Å²) in [5.74, 6) is -1.32. The van der Waals surface area contributed by atoms with Gasteiger partial charge in [-0.1, -0.05) is 53.7 Å². The maximum atomic E-state index is 13.1. The topological polar surface area (TPSA) is 71.3 Å². The summed E-state index contributed by atoms with van der Waals surface area (Å²) in [6.45, 7) is 5.60. The Kier molecular flexibility index (Phi) is 7.14. The molecule has 1 fully saturated rings. The van der Waals surface area contributed by atoms with E-state index in [1.165, 1.54) is 11.1 Å². The number of carbonyl (C=O) groups excluding carboxylic acids is 1. The Morgan fingerprint density at radius 1 is 1.14 bits per heavy atom. The molecule has 0 radical (unpaired) electrons. The lowest BCUT2D eigenvalue weighted by atomic mass is 9.71. The molecule has 186 valence electrons. The first-order valence-electron chi connectivity index (χ1n) is 11.7. The highest BCUT2D eigenvalue weighted by Crippen LogP contribution is 2.38. The first-order chi connectivity index (χ1) is 16.7. The van der Waals surface area contributed by atoms with Gasteiger partial charge in [-0.2, -0.15) is 18.2 Å². The normalized spacial score (nSPS) is 18.5. The van der Waals surface area contributed by atoms with E-state index in [0.29, 0.717) is 26.1 Å². The number of piperidine rings is 1. The van der Waals surface area contributed by atoms with Crippen molar-refractivity contribution in [2.24, 2.45) is 0 Å². The summed E-state index contributed by atoms with van der Waals surface area (Å²) in [7, 11) is 0. The summed E-state index contributed by atoms with van der Waals surface area (Å²) in [5, 5.41) is 6.54. The zero-order chi connectivity index (χ0) is 25.1. The molecule has 1 unspecified atom stereocenters. The largest absolute Gasteiger partial charge is 0.471 e. The van der Waals surface area contributed by atoms with Gasteiger partial charge < -0.3 is 14.7 Å². The summed E-state index contributed by atoms with van der Waals surface area (Å²) in [4.78, 5) is 18.4.